The molecular weight excluding hydrogens is 246 g/mol. The molecule has 0 aromatic heterocycles. The molecule has 0 saturated heterocycles. The Hall–Kier alpha value is -2.41. The molecule has 0 amide bonds. The molecule has 2 aromatic carbocycles. The second kappa shape index (κ2) is 4.36. The third-order valence-electron chi connectivity index (χ3n) is 3.28. The Morgan fingerprint density at radius 3 is 2.53 bits per heavy atom. The monoisotopic (exact) mass is 256 g/mol. The number of hydrogen-bond donors (Lipinski definition) is 1. The highest BCUT2D eigenvalue weighted by Gasteiger charge is 2.23. The molecule has 0 saturated carbocycles. The first-order chi connectivity index (χ1) is 9.15. The second-order valence-corrected chi connectivity index (χ2v) is 4.59. The molecule has 1 heterocycles. The number of hydrogen-bond acceptors (Lipinski definition) is 2. The van der Waals surface area contributed by atoms with Crippen LogP contribution in [0.15, 0.2) is 36.4 Å². The van der Waals surface area contributed by atoms with Gasteiger partial charge in [-0.25, -0.2) is 8.78 Å². The number of nitrogens with one attached hydrogen (secondary N) is 1. The van der Waals surface area contributed by atoms with Crippen molar-refractivity contribution in [2.75, 3.05) is 5.32 Å². The summed E-state index contributed by atoms with van der Waals surface area (Å²) >= 11 is 0. The average molecular weight is 256 g/mol. The van der Waals surface area contributed by atoms with Crippen LogP contribution in [0, 0.1) is 23.0 Å². The van der Waals surface area contributed by atoms with E-state index in [2.05, 4.69) is 11.4 Å². The zero-order chi connectivity index (χ0) is 13.4. The SMILES string of the molecule is N#Cc1ccc2c(c1)NC(c1cc(F)cc(F)c1)C2. The van der Waals surface area contributed by atoms with Crippen molar-refractivity contribution in [3.05, 3.63) is 64.7 Å². The number of halogens is 2. The van der Waals surface area contributed by atoms with E-state index in [9.17, 15) is 8.78 Å². The number of fused-ring (bicyclic) bond motifs is 1. The van der Waals surface area contributed by atoms with Gasteiger partial charge in [0.15, 0.2) is 0 Å². The number of nitriles is 1. The summed E-state index contributed by atoms with van der Waals surface area (Å²) in [5.41, 5.74) is 3.05. The van der Waals surface area contributed by atoms with Crippen molar-refractivity contribution in [1.82, 2.24) is 0 Å². The van der Waals surface area contributed by atoms with Crippen LogP contribution < -0.4 is 5.32 Å². The molecule has 0 spiro atoms. The predicted molar refractivity (Wildman–Crippen MR) is 67.6 cm³/mol. The second-order valence-electron chi connectivity index (χ2n) is 4.59. The van der Waals surface area contributed by atoms with Gasteiger partial charge in [-0.05, 0) is 41.8 Å². The molecule has 2 nitrogen and oxygen atoms in total. The highest BCUT2D eigenvalue weighted by atomic mass is 19.1. The van der Waals surface area contributed by atoms with Gasteiger partial charge in [0.1, 0.15) is 11.6 Å². The highest BCUT2D eigenvalue weighted by molar-refractivity contribution is 5.61. The van der Waals surface area contributed by atoms with E-state index in [-0.39, 0.29) is 6.04 Å². The van der Waals surface area contributed by atoms with Crippen LogP contribution in [-0.4, -0.2) is 0 Å². The van der Waals surface area contributed by atoms with E-state index in [1.165, 1.54) is 12.1 Å². The molecule has 1 unspecified atom stereocenters. The van der Waals surface area contributed by atoms with Gasteiger partial charge in [0.05, 0.1) is 17.7 Å². The smallest absolute Gasteiger partial charge is 0.126 e. The van der Waals surface area contributed by atoms with Crippen LogP contribution in [0.5, 0.6) is 0 Å². The van der Waals surface area contributed by atoms with E-state index in [0.29, 0.717) is 17.5 Å². The molecule has 1 N–H and O–H groups in total. The number of rotatable bonds is 1. The first kappa shape index (κ1) is 11.7. The predicted octanol–water partition coefficient (Wildman–Crippen LogP) is 3.55. The zero-order valence-corrected chi connectivity index (χ0v) is 9.95. The molecule has 0 aliphatic carbocycles. The van der Waals surface area contributed by atoms with Crippen LogP contribution >= 0.6 is 0 Å². The standard InChI is InChI=1S/C15H10F2N2/c16-12-4-11(5-13(17)7-12)15-6-10-2-1-9(8-18)3-14(10)19-15/h1-5,7,15,19H,6H2. The number of nitrogens with zero attached hydrogens (tertiary/aromatic N) is 1. The lowest BCUT2D eigenvalue weighted by atomic mass is 10.0. The van der Waals surface area contributed by atoms with E-state index >= 15 is 0 Å². The Labute approximate surface area is 109 Å². The van der Waals surface area contributed by atoms with Crippen molar-refractivity contribution in [2.24, 2.45) is 0 Å². The van der Waals surface area contributed by atoms with Gasteiger partial charge in [-0.2, -0.15) is 5.26 Å². The van der Waals surface area contributed by atoms with E-state index < -0.39 is 11.6 Å². The first-order valence-electron chi connectivity index (χ1n) is 5.91. The average Bonchev–Trinajstić information content (AvgIpc) is 2.80. The zero-order valence-electron chi connectivity index (χ0n) is 9.95. The lowest BCUT2D eigenvalue weighted by Gasteiger charge is -2.11. The maximum absolute atomic E-state index is 13.2. The van der Waals surface area contributed by atoms with Gasteiger partial charge in [-0.15, -0.1) is 0 Å². The molecule has 0 bridgehead atoms. The van der Waals surface area contributed by atoms with Crippen LogP contribution in [0.3, 0.4) is 0 Å². The van der Waals surface area contributed by atoms with Crippen molar-refractivity contribution in [2.45, 2.75) is 12.5 Å². The normalized spacial score (nSPS) is 16.6. The summed E-state index contributed by atoms with van der Waals surface area (Å²) in [6, 6.07) is 10.8. The van der Waals surface area contributed by atoms with Crippen LogP contribution in [0.2, 0.25) is 0 Å². The van der Waals surface area contributed by atoms with Crippen molar-refractivity contribution in [3.63, 3.8) is 0 Å². The van der Waals surface area contributed by atoms with Gasteiger partial charge < -0.3 is 5.32 Å². The van der Waals surface area contributed by atoms with E-state index in [4.69, 9.17) is 5.26 Å². The lowest BCUT2D eigenvalue weighted by molar-refractivity contribution is 0.576. The Morgan fingerprint density at radius 2 is 1.84 bits per heavy atom. The van der Waals surface area contributed by atoms with Crippen LogP contribution in [-0.2, 0) is 6.42 Å². The minimum absolute atomic E-state index is 0.158. The third kappa shape index (κ3) is 2.15. The molecule has 3 rings (SSSR count). The molecule has 4 heteroatoms. The molecule has 0 fully saturated rings. The topological polar surface area (TPSA) is 35.8 Å². The Morgan fingerprint density at radius 1 is 1.11 bits per heavy atom. The molecule has 1 aliphatic rings. The molecule has 94 valence electrons. The number of benzene rings is 2. The number of anilines is 1. The van der Waals surface area contributed by atoms with Gasteiger partial charge in [-0.3, -0.25) is 0 Å². The van der Waals surface area contributed by atoms with E-state index in [1.54, 1.807) is 12.1 Å². The van der Waals surface area contributed by atoms with Gasteiger partial charge in [0.25, 0.3) is 0 Å². The Bertz CT molecular complexity index is 669. The maximum Gasteiger partial charge on any atom is 0.126 e. The van der Waals surface area contributed by atoms with Crippen molar-refractivity contribution in [1.29, 1.82) is 5.26 Å². The largest absolute Gasteiger partial charge is 0.378 e. The fourth-order valence-corrected chi connectivity index (χ4v) is 2.39. The Kier molecular flexibility index (Phi) is 2.68. The molecule has 1 atom stereocenters. The molecule has 19 heavy (non-hydrogen) atoms. The molecule has 0 radical (unpaired) electrons. The van der Waals surface area contributed by atoms with Crippen LogP contribution in [0.4, 0.5) is 14.5 Å². The minimum atomic E-state index is -0.578. The van der Waals surface area contributed by atoms with Crippen molar-refractivity contribution >= 4 is 5.69 Å². The fourth-order valence-electron chi connectivity index (χ4n) is 2.39. The quantitative estimate of drug-likeness (QED) is 0.847. The van der Waals surface area contributed by atoms with Crippen molar-refractivity contribution in [3.8, 4) is 6.07 Å². The van der Waals surface area contributed by atoms with Crippen LogP contribution in [0.25, 0.3) is 0 Å². The van der Waals surface area contributed by atoms with Gasteiger partial charge in [0, 0.05) is 11.8 Å². The van der Waals surface area contributed by atoms with Crippen LogP contribution in [0.1, 0.15) is 22.7 Å². The lowest BCUT2D eigenvalue weighted by Crippen LogP contribution is -2.06. The molecule has 2 aromatic rings. The third-order valence-corrected chi connectivity index (χ3v) is 3.28. The summed E-state index contributed by atoms with van der Waals surface area (Å²) in [5, 5.41) is 12.0. The highest BCUT2D eigenvalue weighted by Crippen LogP contribution is 2.35. The maximum atomic E-state index is 13.2. The van der Waals surface area contributed by atoms with Gasteiger partial charge in [0.2, 0.25) is 0 Å². The van der Waals surface area contributed by atoms with Gasteiger partial charge in [-0.1, -0.05) is 6.07 Å². The fraction of sp³-hybridized carbons (Fsp3) is 0.133. The summed E-state index contributed by atoms with van der Waals surface area (Å²) in [4.78, 5) is 0. The van der Waals surface area contributed by atoms with E-state index in [1.807, 2.05) is 6.07 Å². The first-order valence-corrected chi connectivity index (χ1v) is 5.91. The molecular formula is C15H10F2N2. The summed E-state index contributed by atoms with van der Waals surface area (Å²) < 4.78 is 26.4. The molecule has 1 aliphatic heterocycles. The van der Waals surface area contributed by atoms with Gasteiger partial charge >= 0.3 is 0 Å². The van der Waals surface area contributed by atoms with E-state index in [0.717, 1.165) is 17.3 Å². The van der Waals surface area contributed by atoms with Crippen molar-refractivity contribution < 1.29 is 8.78 Å². The summed E-state index contributed by atoms with van der Waals surface area (Å²) in [6.45, 7) is 0. The Balaban J connectivity index is 1.93. The summed E-state index contributed by atoms with van der Waals surface area (Å²) in [6.07, 6.45) is 0.657. The summed E-state index contributed by atoms with van der Waals surface area (Å²) in [7, 11) is 0. The minimum Gasteiger partial charge on any atom is -0.378 e. The summed E-state index contributed by atoms with van der Waals surface area (Å²) in [5.74, 6) is -1.16.